The lowest BCUT2D eigenvalue weighted by molar-refractivity contribution is -0.129. The maximum atomic E-state index is 11.7. The first-order chi connectivity index (χ1) is 7.05. The molecule has 15 heavy (non-hydrogen) atoms. The van der Waals surface area contributed by atoms with E-state index >= 15 is 0 Å². The molecule has 0 spiro atoms. The fourth-order valence-electron chi connectivity index (χ4n) is 1.47. The van der Waals surface area contributed by atoms with Crippen LogP contribution in [0.3, 0.4) is 0 Å². The Balaban J connectivity index is 2.28. The summed E-state index contributed by atoms with van der Waals surface area (Å²) in [6, 6.07) is 0. The first-order valence-corrected chi connectivity index (χ1v) is 6.00. The number of ether oxygens (including phenoxy) is 1. The van der Waals surface area contributed by atoms with E-state index in [0.29, 0.717) is 19.0 Å². The van der Waals surface area contributed by atoms with Crippen LogP contribution in [0.15, 0.2) is 0 Å². The SMILES string of the molecule is CC(C)(CCl)CNC(=O)C1CCCOC1. The third-order valence-corrected chi connectivity index (χ3v) is 3.36. The fourth-order valence-corrected chi connectivity index (χ4v) is 1.56. The zero-order valence-electron chi connectivity index (χ0n) is 9.51. The van der Waals surface area contributed by atoms with E-state index in [1.807, 2.05) is 13.8 Å². The van der Waals surface area contributed by atoms with Crippen molar-refractivity contribution in [3.8, 4) is 0 Å². The van der Waals surface area contributed by atoms with Crippen molar-refractivity contribution >= 4 is 17.5 Å². The molecular weight excluding hydrogens is 214 g/mol. The number of amides is 1. The van der Waals surface area contributed by atoms with Crippen molar-refractivity contribution in [2.45, 2.75) is 26.7 Å². The molecule has 1 rings (SSSR count). The minimum Gasteiger partial charge on any atom is -0.381 e. The highest BCUT2D eigenvalue weighted by atomic mass is 35.5. The Morgan fingerprint density at radius 3 is 2.87 bits per heavy atom. The molecule has 0 saturated carbocycles. The second-order valence-electron chi connectivity index (χ2n) is 4.93. The van der Waals surface area contributed by atoms with Gasteiger partial charge in [0.25, 0.3) is 0 Å². The Hall–Kier alpha value is -0.280. The Kier molecular flexibility index (Phi) is 4.87. The lowest BCUT2D eigenvalue weighted by atomic mass is 9.95. The van der Waals surface area contributed by atoms with Crippen molar-refractivity contribution in [2.24, 2.45) is 11.3 Å². The molecule has 0 aromatic heterocycles. The van der Waals surface area contributed by atoms with E-state index in [1.165, 1.54) is 0 Å². The molecule has 3 nitrogen and oxygen atoms in total. The molecule has 1 fully saturated rings. The Morgan fingerprint density at radius 1 is 1.60 bits per heavy atom. The van der Waals surface area contributed by atoms with Gasteiger partial charge in [0.2, 0.25) is 5.91 Å². The highest BCUT2D eigenvalue weighted by molar-refractivity contribution is 6.18. The Morgan fingerprint density at radius 2 is 2.33 bits per heavy atom. The van der Waals surface area contributed by atoms with E-state index in [-0.39, 0.29) is 17.2 Å². The van der Waals surface area contributed by atoms with Crippen LogP contribution in [0.5, 0.6) is 0 Å². The molecule has 0 aromatic rings. The third kappa shape index (κ3) is 4.39. The molecule has 0 aromatic carbocycles. The average molecular weight is 234 g/mol. The lowest BCUT2D eigenvalue weighted by Gasteiger charge is -2.25. The van der Waals surface area contributed by atoms with Gasteiger partial charge in [-0.1, -0.05) is 13.8 Å². The van der Waals surface area contributed by atoms with Gasteiger partial charge in [0.1, 0.15) is 0 Å². The number of alkyl halides is 1. The number of halogens is 1. The molecule has 4 heteroatoms. The summed E-state index contributed by atoms with van der Waals surface area (Å²) in [7, 11) is 0. The summed E-state index contributed by atoms with van der Waals surface area (Å²) in [6.07, 6.45) is 1.92. The zero-order chi connectivity index (χ0) is 11.3. The molecule has 0 bridgehead atoms. The number of carbonyl (C=O) groups excluding carboxylic acids is 1. The summed E-state index contributed by atoms with van der Waals surface area (Å²) < 4.78 is 5.27. The minimum absolute atomic E-state index is 0.0323. The van der Waals surface area contributed by atoms with E-state index in [1.54, 1.807) is 0 Å². The predicted octanol–water partition coefficient (Wildman–Crippen LogP) is 1.79. The molecule has 1 N–H and O–H groups in total. The molecule has 1 heterocycles. The van der Waals surface area contributed by atoms with Crippen LogP contribution in [-0.2, 0) is 9.53 Å². The standard InChI is InChI=1S/C11H20ClNO2/c1-11(2,7-12)8-13-10(14)9-4-3-5-15-6-9/h9H,3-8H2,1-2H3,(H,13,14). The summed E-state index contributed by atoms with van der Waals surface area (Å²) in [4.78, 5) is 11.7. The van der Waals surface area contributed by atoms with Crippen molar-refractivity contribution in [3.63, 3.8) is 0 Å². The number of nitrogens with one attached hydrogen (secondary N) is 1. The highest BCUT2D eigenvalue weighted by Crippen LogP contribution is 2.17. The maximum Gasteiger partial charge on any atom is 0.225 e. The molecule has 1 unspecified atom stereocenters. The summed E-state index contributed by atoms with van der Waals surface area (Å²) in [5.41, 5.74) is -0.0350. The van der Waals surface area contributed by atoms with Crippen LogP contribution in [0.4, 0.5) is 0 Å². The van der Waals surface area contributed by atoms with Crippen LogP contribution in [0.2, 0.25) is 0 Å². The molecule has 1 atom stereocenters. The van der Waals surface area contributed by atoms with E-state index in [9.17, 15) is 4.79 Å². The Bertz CT molecular complexity index is 213. The van der Waals surface area contributed by atoms with Gasteiger partial charge < -0.3 is 10.1 Å². The second-order valence-corrected chi connectivity index (χ2v) is 5.20. The van der Waals surface area contributed by atoms with Crippen LogP contribution < -0.4 is 5.32 Å². The minimum atomic E-state index is -0.0350. The largest absolute Gasteiger partial charge is 0.381 e. The normalized spacial score (nSPS) is 22.5. The topological polar surface area (TPSA) is 38.3 Å². The molecule has 1 aliphatic rings. The molecule has 1 saturated heterocycles. The van der Waals surface area contributed by atoms with E-state index in [2.05, 4.69) is 5.32 Å². The molecule has 0 aliphatic carbocycles. The molecule has 88 valence electrons. The van der Waals surface area contributed by atoms with Gasteiger partial charge in [-0.15, -0.1) is 11.6 Å². The molecule has 1 aliphatic heterocycles. The van der Waals surface area contributed by atoms with Gasteiger partial charge in [0, 0.05) is 19.0 Å². The second kappa shape index (κ2) is 5.71. The molecular formula is C11H20ClNO2. The van der Waals surface area contributed by atoms with Gasteiger partial charge in [-0.05, 0) is 18.3 Å². The number of rotatable bonds is 4. The molecule has 0 radical (unpaired) electrons. The van der Waals surface area contributed by atoms with Crippen LogP contribution in [0.1, 0.15) is 26.7 Å². The van der Waals surface area contributed by atoms with Crippen LogP contribution in [0, 0.1) is 11.3 Å². The van der Waals surface area contributed by atoms with E-state index in [0.717, 1.165) is 19.4 Å². The summed E-state index contributed by atoms with van der Waals surface area (Å²) >= 11 is 5.79. The van der Waals surface area contributed by atoms with E-state index < -0.39 is 0 Å². The average Bonchev–Trinajstić information content (AvgIpc) is 2.27. The summed E-state index contributed by atoms with van der Waals surface area (Å²) in [5, 5.41) is 2.94. The lowest BCUT2D eigenvalue weighted by Crippen LogP contribution is -2.40. The number of hydrogen-bond donors (Lipinski definition) is 1. The van der Waals surface area contributed by atoms with Crippen molar-refractivity contribution in [2.75, 3.05) is 25.6 Å². The van der Waals surface area contributed by atoms with Crippen LogP contribution in [0.25, 0.3) is 0 Å². The first kappa shape index (κ1) is 12.8. The number of carbonyl (C=O) groups is 1. The summed E-state index contributed by atoms with van der Waals surface area (Å²) in [6.45, 7) is 6.06. The first-order valence-electron chi connectivity index (χ1n) is 5.46. The smallest absolute Gasteiger partial charge is 0.225 e. The van der Waals surface area contributed by atoms with Gasteiger partial charge >= 0.3 is 0 Å². The summed E-state index contributed by atoms with van der Waals surface area (Å²) in [5.74, 6) is 0.687. The maximum absolute atomic E-state index is 11.7. The van der Waals surface area contributed by atoms with Gasteiger partial charge in [0.05, 0.1) is 12.5 Å². The zero-order valence-corrected chi connectivity index (χ0v) is 10.3. The van der Waals surface area contributed by atoms with Crippen molar-refractivity contribution in [1.29, 1.82) is 0 Å². The monoisotopic (exact) mass is 233 g/mol. The van der Waals surface area contributed by atoms with Gasteiger partial charge in [-0.3, -0.25) is 4.79 Å². The quantitative estimate of drug-likeness (QED) is 0.752. The van der Waals surface area contributed by atoms with Gasteiger partial charge in [0.15, 0.2) is 0 Å². The van der Waals surface area contributed by atoms with Crippen molar-refractivity contribution in [3.05, 3.63) is 0 Å². The molecule has 1 amide bonds. The van der Waals surface area contributed by atoms with Gasteiger partial charge in [-0.25, -0.2) is 0 Å². The van der Waals surface area contributed by atoms with Crippen molar-refractivity contribution in [1.82, 2.24) is 5.32 Å². The Labute approximate surface area is 96.5 Å². The third-order valence-electron chi connectivity index (χ3n) is 2.63. The number of hydrogen-bond acceptors (Lipinski definition) is 2. The van der Waals surface area contributed by atoms with Gasteiger partial charge in [-0.2, -0.15) is 0 Å². The highest BCUT2D eigenvalue weighted by Gasteiger charge is 2.24. The van der Waals surface area contributed by atoms with E-state index in [4.69, 9.17) is 16.3 Å². The van der Waals surface area contributed by atoms with Crippen molar-refractivity contribution < 1.29 is 9.53 Å². The van der Waals surface area contributed by atoms with Crippen LogP contribution in [-0.4, -0.2) is 31.5 Å². The predicted molar refractivity (Wildman–Crippen MR) is 61.1 cm³/mol. The van der Waals surface area contributed by atoms with Crippen LogP contribution >= 0.6 is 11.6 Å². The fraction of sp³-hybridized carbons (Fsp3) is 0.909.